The topological polar surface area (TPSA) is 67.3 Å². The Balaban J connectivity index is 2.00. The van der Waals surface area contributed by atoms with E-state index in [1.54, 1.807) is 33.4 Å². The first-order chi connectivity index (χ1) is 9.49. The third kappa shape index (κ3) is 3.68. The lowest BCUT2D eigenvalue weighted by Crippen LogP contribution is -2.15. The Bertz CT molecular complexity index is 562. The van der Waals surface area contributed by atoms with Gasteiger partial charge in [-0.2, -0.15) is 4.98 Å². The number of nitrogens with zero attached hydrogens (tertiary/aromatic N) is 2. The lowest BCUT2D eigenvalue weighted by Gasteiger charge is -2.18. The van der Waals surface area contributed by atoms with E-state index >= 15 is 0 Å². The Labute approximate surface area is 118 Å². The van der Waals surface area contributed by atoms with Crippen molar-refractivity contribution >= 4 is 5.82 Å². The van der Waals surface area contributed by atoms with Crippen molar-refractivity contribution in [1.29, 1.82) is 0 Å². The van der Waals surface area contributed by atoms with E-state index in [0.29, 0.717) is 18.2 Å². The minimum atomic E-state index is -0.815. The normalized spacial score (nSPS) is 11.2. The number of anilines is 1. The number of ether oxygens (including phenoxy) is 1. The lowest BCUT2D eigenvalue weighted by atomic mass is 9.97. The molecule has 106 valence electrons. The highest BCUT2D eigenvalue weighted by Gasteiger charge is 2.14. The van der Waals surface area contributed by atoms with Crippen LogP contribution in [0.5, 0.6) is 5.88 Å². The van der Waals surface area contributed by atoms with Crippen molar-refractivity contribution in [2.24, 2.45) is 0 Å². The van der Waals surface area contributed by atoms with E-state index in [0.717, 1.165) is 11.1 Å². The van der Waals surface area contributed by atoms with Crippen LogP contribution in [0, 0.1) is 0 Å². The van der Waals surface area contributed by atoms with Crippen LogP contribution in [0.2, 0.25) is 0 Å². The van der Waals surface area contributed by atoms with Crippen molar-refractivity contribution in [3.05, 3.63) is 47.8 Å². The number of hydrogen-bond acceptors (Lipinski definition) is 5. The first-order valence-electron chi connectivity index (χ1n) is 6.41. The molecule has 1 aromatic heterocycles. The summed E-state index contributed by atoms with van der Waals surface area (Å²) in [4.78, 5) is 8.26. The summed E-state index contributed by atoms with van der Waals surface area (Å²) in [7, 11) is 1.56. The zero-order chi connectivity index (χ0) is 14.6. The molecule has 0 unspecified atom stereocenters. The fraction of sp³-hybridized carbons (Fsp3) is 0.333. The summed E-state index contributed by atoms with van der Waals surface area (Å²) in [5.74, 6) is 1.14. The van der Waals surface area contributed by atoms with Crippen LogP contribution in [-0.4, -0.2) is 22.2 Å². The van der Waals surface area contributed by atoms with Crippen LogP contribution in [0.4, 0.5) is 5.82 Å². The highest BCUT2D eigenvalue weighted by Crippen LogP contribution is 2.20. The Morgan fingerprint density at radius 3 is 2.50 bits per heavy atom. The zero-order valence-electron chi connectivity index (χ0n) is 11.9. The van der Waals surface area contributed by atoms with Crippen LogP contribution >= 0.6 is 0 Å². The van der Waals surface area contributed by atoms with Gasteiger partial charge in [0.15, 0.2) is 0 Å². The van der Waals surface area contributed by atoms with Crippen LogP contribution < -0.4 is 10.1 Å². The van der Waals surface area contributed by atoms with Gasteiger partial charge < -0.3 is 15.2 Å². The van der Waals surface area contributed by atoms with Gasteiger partial charge in [-0.05, 0) is 25.0 Å². The van der Waals surface area contributed by atoms with Gasteiger partial charge >= 0.3 is 0 Å². The molecule has 5 heteroatoms. The Kier molecular flexibility index (Phi) is 4.20. The molecular weight excluding hydrogens is 254 g/mol. The SMILES string of the molecule is COc1cncc(NCc2ccc(C(C)(C)O)cc2)n1. The molecule has 1 heterocycles. The van der Waals surface area contributed by atoms with Crippen LogP contribution in [0.1, 0.15) is 25.0 Å². The minimum absolute atomic E-state index is 0.479. The summed E-state index contributed by atoms with van der Waals surface area (Å²) in [6.07, 6.45) is 3.21. The number of benzene rings is 1. The average Bonchev–Trinajstić information content (AvgIpc) is 2.45. The highest BCUT2D eigenvalue weighted by atomic mass is 16.5. The number of rotatable bonds is 5. The molecule has 0 aliphatic rings. The van der Waals surface area contributed by atoms with Gasteiger partial charge in [0, 0.05) is 6.54 Å². The molecule has 2 aromatic rings. The molecule has 2 N–H and O–H groups in total. The van der Waals surface area contributed by atoms with Gasteiger partial charge in [-0.3, -0.25) is 4.98 Å². The maximum Gasteiger partial charge on any atom is 0.233 e. The van der Waals surface area contributed by atoms with Gasteiger partial charge in [0.05, 0.1) is 25.1 Å². The first kappa shape index (κ1) is 14.3. The van der Waals surface area contributed by atoms with Crippen molar-refractivity contribution in [3.63, 3.8) is 0 Å². The maximum atomic E-state index is 9.90. The van der Waals surface area contributed by atoms with Gasteiger partial charge in [0.25, 0.3) is 0 Å². The fourth-order valence-electron chi connectivity index (χ4n) is 1.75. The monoisotopic (exact) mass is 273 g/mol. The van der Waals surface area contributed by atoms with Crippen molar-refractivity contribution in [1.82, 2.24) is 9.97 Å². The van der Waals surface area contributed by atoms with Crippen LogP contribution in [0.3, 0.4) is 0 Å². The smallest absolute Gasteiger partial charge is 0.233 e. The highest BCUT2D eigenvalue weighted by molar-refractivity contribution is 5.35. The molecule has 1 aromatic carbocycles. The molecule has 0 atom stereocenters. The molecule has 0 bridgehead atoms. The van der Waals surface area contributed by atoms with E-state index in [-0.39, 0.29) is 0 Å². The molecule has 0 aliphatic heterocycles. The van der Waals surface area contributed by atoms with Crippen LogP contribution in [0.25, 0.3) is 0 Å². The van der Waals surface area contributed by atoms with Gasteiger partial charge in [-0.25, -0.2) is 0 Å². The lowest BCUT2D eigenvalue weighted by molar-refractivity contribution is 0.0786. The second-order valence-corrected chi connectivity index (χ2v) is 5.06. The van der Waals surface area contributed by atoms with Crippen molar-refractivity contribution < 1.29 is 9.84 Å². The summed E-state index contributed by atoms with van der Waals surface area (Å²) < 4.78 is 5.02. The number of nitrogens with one attached hydrogen (secondary N) is 1. The third-order valence-corrected chi connectivity index (χ3v) is 2.96. The summed E-state index contributed by atoms with van der Waals surface area (Å²) >= 11 is 0. The molecule has 2 rings (SSSR count). The molecule has 0 amide bonds. The van der Waals surface area contributed by atoms with Crippen molar-refractivity contribution in [3.8, 4) is 5.88 Å². The standard InChI is InChI=1S/C15H19N3O2/c1-15(2,19)12-6-4-11(5-7-12)8-17-13-9-16-10-14(18-13)20-3/h4-7,9-10,19H,8H2,1-3H3,(H,17,18). The van der Waals surface area contributed by atoms with E-state index < -0.39 is 5.60 Å². The Morgan fingerprint density at radius 2 is 1.90 bits per heavy atom. The third-order valence-electron chi connectivity index (χ3n) is 2.96. The van der Waals surface area contributed by atoms with Crippen LogP contribution in [-0.2, 0) is 12.1 Å². The summed E-state index contributed by atoms with van der Waals surface area (Å²) in [6.45, 7) is 4.17. The number of aromatic nitrogens is 2. The molecule has 20 heavy (non-hydrogen) atoms. The minimum Gasteiger partial charge on any atom is -0.480 e. The van der Waals surface area contributed by atoms with E-state index in [4.69, 9.17) is 4.74 Å². The van der Waals surface area contributed by atoms with E-state index in [1.807, 2.05) is 24.3 Å². The first-order valence-corrected chi connectivity index (χ1v) is 6.41. The van der Waals surface area contributed by atoms with E-state index in [9.17, 15) is 5.11 Å². The van der Waals surface area contributed by atoms with Gasteiger partial charge in [-0.1, -0.05) is 24.3 Å². The molecule has 0 radical (unpaired) electrons. The Morgan fingerprint density at radius 1 is 1.20 bits per heavy atom. The molecule has 0 saturated heterocycles. The van der Waals surface area contributed by atoms with Crippen LogP contribution in [0.15, 0.2) is 36.7 Å². The van der Waals surface area contributed by atoms with E-state index in [1.165, 1.54) is 0 Å². The molecule has 0 spiro atoms. The predicted molar refractivity (Wildman–Crippen MR) is 77.6 cm³/mol. The molecule has 0 fully saturated rings. The molecule has 0 saturated carbocycles. The Hall–Kier alpha value is -2.14. The maximum absolute atomic E-state index is 9.90. The molecule has 0 aliphatic carbocycles. The fourth-order valence-corrected chi connectivity index (χ4v) is 1.75. The predicted octanol–water partition coefficient (Wildman–Crippen LogP) is 2.32. The van der Waals surface area contributed by atoms with Gasteiger partial charge in [0.1, 0.15) is 5.82 Å². The quantitative estimate of drug-likeness (QED) is 0.875. The summed E-state index contributed by atoms with van der Waals surface area (Å²) in [6, 6.07) is 7.81. The van der Waals surface area contributed by atoms with E-state index in [2.05, 4.69) is 15.3 Å². The molecular formula is C15H19N3O2. The summed E-state index contributed by atoms with van der Waals surface area (Å²) in [5, 5.41) is 13.1. The number of aliphatic hydroxyl groups is 1. The van der Waals surface area contributed by atoms with Crippen molar-refractivity contribution in [2.45, 2.75) is 26.0 Å². The summed E-state index contributed by atoms with van der Waals surface area (Å²) in [5.41, 5.74) is 1.18. The molecule has 5 nitrogen and oxygen atoms in total. The average molecular weight is 273 g/mol. The van der Waals surface area contributed by atoms with Gasteiger partial charge in [-0.15, -0.1) is 0 Å². The second kappa shape index (κ2) is 5.88. The second-order valence-electron chi connectivity index (χ2n) is 5.06. The van der Waals surface area contributed by atoms with Gasteiger partial charge in [0.2, 0.25) is 5.88 Å². The zero-order valence-corrected chi connectivity index (χ0v) is 11.9. The number of hydrogen-bond donors (Lipinski definition) is 2. The largest absolute Gasteiger partial charge is 0.480 e. The number of methoxy groups -OCH3 is 1. The van der Waals surface area contributed by atoms with Crippen molar-refractivity contribution in [2.75, 3.05) is 12.4 Å².